The van der Waals surface area contributed by atoms with Gasteiger partial charge in [0.2, 0.25) is 0 Å². The molecule has 1 aliphatic rings. The third-order valence-electron chi connectivity index (χ3n) is 3.45. The second kappa shape index (κ2) is 5.43. The van der Waals surface area contributed by atoms with Crippen LogP contribution in [0.3, 0.4) is 0 Å². The summed E-state index contributed by atoms with van der Waals surface area (Å²) in [6.45, 7) is 5.82. The van der Waals surface area contributed by atoms with Gasteiger partial charge in [-0.2, -0.15) is 0 Å². The highest BCUT2D eigenvalue weighted by Gasteiger charge is 2.30. The zero-order valence-corrected chi connectivity index (χ0v) is 10.1. The third kappa shape index (κ3) is 3.15. The molecule has 0 saturated heterocycles. The number of Topliss-reactive ketones (excluding diaryl/α,β-unsaturated/α-hetero) is 2. The molecule has 1 aliphatic carbocycles. The molecule has 0 radical (unpaired) electrons. The summed E-state index contributed by atoms with van der Waals surface area (Å²) in [5.74, 6) is 1.13. The Kier molecular flexibility index (Phi) is 4.49. The summed E-state index contributed by atoms with van der Waals surface area (Å²) in [6.07, 6.45) is 4.45. The van der Waals surface area contributed by atoms with E-state index in [1.54, 1.807) is 0 Å². The van der Waals surface area contributed by atoms with Gasteiger partial charge in [0.25, 0.3) is 0 Å². The van der Waals surface area contributed by atoms with Crippen LogP contribution in [0.1, 0.15) is 52.9 Å². The highest BCUT2D eigenvalue weighted by Crippen LogP contribution is 2.32. The second-order valence-electron chi connectivity index (χ2n) is 4.94. The molecule has 0 heterocycles. The fourth-order valence-electron chi connectivity index (χ4n) is 2.50. The van der Waals surface area contributed by atoms with Crippen molar-refractivity contribution < 1.29 is 9.59 Å². The van der Waals surface area contributed by atoms with Crippen molar-refractivity contribution in [3.05, 3.63) is 0 Å². The highest BCUT2D eigenvalue weighted by molar-refractivity contribution is 5.85. The number of carbonyl (C=O) groups excluding carboxylic acids is 2. The molecule has 0 bridgehead atoms. The molecule has 15 heavy (non-hydrogen) atoms. The Morgan fingerprint density at radius 1 is 1.20 bits per heavy atom. The topological polar surface area (TPSA) is 34.1 Å². The molecule has 0 unspecified atom stereocenters. The summed E-state index contributed by atoms with van der Waals surface area (Å²) in [5, 5.41) is 0. The Labute approximate surface area is 92.4 Å². The van der Waals surface area contributed by atoms with Crippen molar-refractivity contribution in [1.82, 2.24) is 0 Å². The van der Waals surface area contributed by atoms with E-state index in [2.05, 4.69) is 0 Å². The van der Waals surface area contributed by atoms with Crippen LogP contribution in [-0.2, 0) is 9.59 Å². The van der Waals surface area contributed by atoms with Crippen LogP contribution < -0.4 is 0 Å². The maximum atomic E-state index is 11.8. The molecule has 2 nitrogen and oxygen atoms in total. The van der Waals surface area contributed by atoms with Crippen LogP contribution in [0, 0.1) is 17.8 Å². The Bertz CT molecular complexity index is 243. The van der Waals surface area contributed by atoms with Crippen molar-refractivity contribution in [1.29, 1.82) is 0 Å². The molecule has 0 aromatic carbocycles. The van der Waals surface area contributed by atoms with Gasteiger partial charge in [-0.15, -0.1) is 0 Å². The minimum absolute atomic E-state index is 0.116. The lowest BCUT2D eigenvalue weighted by atomic mass is 9.75. The van der Waals surface area contributed by atoms with Crippen molar-refractivity contribution in [2.45, 2.75) is 52.9 Å². The first-order chi connectivity index (χ1) is 7.06. The van der Waals surface area contributed by atoms with Crippen LogP contribution in [0.25, 0.3) is 0 Å². The predicted molar refractivity (Wildman–Crippen MR) is 60.6 cm³/mol. The van der Waals surface area contributed by atoms with Crippen molar-refractivity contribution in [3.8, 4) is 0 Å². The lowest BCUT2D eigenvalue weighted by Gasteiger charge is -2.28. The number of hydrogen-bond donors (Lipinski definition) is 0. The molecule has 0 amide bonds. The molecule has 0 aliphatic heterocycles. The molecular formula is C13H22O2. The van der Waals surface area contributed by atoms with Crippen LogP contribution in [-0.4, -0.2) is 11.6 Å². The van der Waals surface area contributed by atoms with E-state index in [0.29, 0.717) is 18.0 Å². The smallest absolute Gasteiger partial charge is 0.138 e. The van der Waals surface area contributed by atoms with Gasteiger partial charge >= 0.3 is 0 Å². The van der Waals surface area contributed by atoms with Gasteiger partial charge < -0.3 is 0 Å². The molecule has 0 aromatic rings. The van der Waals surface area contributed by atoms with Crippen LogP contribution in [0.4, 0.5) is 0 Å². The van der Waals surface area contributed by atoms with Crippen molar-refractivity contribution >= 4 is 11.6 Å². The molecule has 1 rings (SSSR count). The monoisotopic (exact) mass is 210 g/mol. The Balaban J connectivity index is 2.56. The fourth-order valence-corrected chi connectivity index (χ4v) is 2.50. The highest BCUT2D eigenvalue weighted by atomic mass is 16.1. The standard InChI is InChI=1S/C13H22O2/c1-4-12(14)10-6-5-7-11(8-10)13(15)9(2)3/h9-11H,4-8H2,1-3H3/t10-,11-/m0/s1. The van der Waals surface area contributed by atoms with E-state index in [4.69, 9.17) is 0 Å². The summed E-state index contributed by atoms with van der Waals surface area (Å²) in [5.41, 5.74) is 0. The van der Waals surface area contributed by atoms with Gasteiger partial charge in [-0.3, -0.25) is 9.59 Å². The largest absolute Gasteiger partial charge is 0.299 e. The van der Waals surface area contributed by atoms with Gasteiger partial charge in [0.15, 0.2) is 0 Å². The van der Waals surface area contributed by atoms with Crippen LogP contribution in [0.15, 0.2) is 0 Å². The van der Waals surface area contributed by atoms with Gasteiger partial charge in [0.1, 0.15) is 11.6 Å². The van der Waals surface area contributed by atoms with Gasteiger partial charge in [-0.1, -0.05) is 27.2 Å². The normalized spacial score (nSPS) is 26.7. The average molecular weight is 210 g/mol. The molecule has 0 aromatic heterocycles. The lowest BCUT2D eigenvalue weighted by Crippen LogP contribution is -2.29. The van der Waals surface area contributed by atoms with Crippen LogP contribution >= 0.6 is 0 Å². The van der Waals surface area contributed by atoms with Gasteiger partial charge in [0, 0.05) is 24.2 Å². The molecule has 0 spiro atoms. The average Bonchev–Trinajstić information content (AvgIpc) is 2.27. The quantitative estimate of drug-likeness (QED) is 0.714. The van der Waals surface area contributed by atoms with Crippen LogP contribution in [0.5, 0.6) is 0 Å². The van der Waals surface area contributed by atoms with Crippen molar-refractivity contribution in [3.63, 3.8) is 0 Å². The summed E-state index contributed by atoms with van der Waals surface area (Å²) < 4.78 is 0. The van der Waals surface area contributed by atoms with E-state index in [0.717, 1.165) is 25.7 Å². The first kappa shape index (κ1) is 12.4. The first-order valence-electron chi connectivity index (χ1n) is 6.12. The molecule has 86 valence electrons. The Morgan fingerprint density at radius 3 is 2.33 bits per heavy atom. The van der Waals surface area contributed by atoms with Crippen LogP contribution in [0.2, 0.25) is 0 Å². The molecule has 0 N–H and O–H groups in total. The van der Waals surface area contributed by atoms with E-state index >= 15 is 0 Å². The fraction of sp³-hybridized carbons (Fsp3) is 0.846. The number of carbonyl (C=O) groups is 2. The zero-order chi connectivity index (χ0) is 11.4. The van der Waals surface area contributed by atoms with E-state index < -0.39 is 0 Å². The van der Waals surface area contributed by atoms with Gasteiger partial charge in [0.05, 0.1) is 0 Å². The van der Waals surface area contributed by atoms with E-state index in [9.17, 15) is 9.59 Å². The molecule has 2 atom stereocenters. The Hall–Kier alpha value is -0.660. The lowest BCUT2D eigenvalue weighted by molar-refractivity contribution is -0.129. The zero-order valence-electron chi connectivity index (χ0n) is 10.1. The molecular weight excluding hydrogens is 188 g/mol. The SMILES string of the molecule is CCC(=O)[C@H]1CCC[C@H](C(=O)C(C)C)C1. The Morgan fingerprint density at radius 2 is 1.80 bits per heavy atom. The summed E-state index contributed by atoms with van der Waals surface area (Å²) in [4.78, 5) is 23.4. The minimum Gasteiger partial charge on any atom is -0.299 e. The minimum atomic E-state index is 0.116. The summed E-state index contributed by atoms with van der Waals surface area (Å²) in [6, 6.07) is 0. The summed E-state index contributed by atoms with van der Waals surface area (Å²) in [7, 11) is 0. The second-order valence-corrected chi connectivity index (χ2v) is 4.94. The van der Waals surface area contributed by atoms with Crippen molar-refractivity contribution in [2.75, 3.05) is 0 Å². The third-order valence-corrected chi connectivity index (χ3v) is 3.45. The van der Waals surface area contributed by atoms with E-state index in [1.807, 2.05) is 20.8 Å². The number of rotatable bonds is 4. The number of ketones is 2. The maximum absolute atomic E-state index is 11.8. The number of hydrogen-bond acceptors (Lipinski definition) is 2. The van der Waals surface area contributed by atoms with E-state index in [-0.39, 0.29) is 17.8 Å². The van der Waals surface area contributed by atoms with Gasteiger partial charge in [-0.05, 0) is 19.3 Å². The maximum Gasteiger partial charge on any atom is 0.138 e. The van der Waals surface area contributed by atoms with Gasteiger partial charge in [-0.25, -0.2) is 0 Å². The van der Waals surface area contributed by atoms with E-state index in [1.165, 1.54) is 0 Å². The first-order valence-corrected chi connectivity index (χ1v) is 6.12. The molecule has 2 heteroatoms. The summed E-state index contributed by atoms with van der Waals surface area (Å²) >= 11 is 0. The molecule has 1 fully saturated rings. The predicted octanol–water partition coefficient (Wildman–Crippen LogP) is 3.00. The molecule has 1 saturated carbocycles. The van der Waals surface area contributed by atoms with Crippen molar-refractivity contribution in [2.24, 2.45) is 17.8 Å².